The van der Waals surface area contributed by atoms with E-state index in [0.717, 1.165) is 56.2 Å². The van der Waals surface area contributed by atoms with Crippen molar-refractivity contribution in [2.24, 2.45) is 0 Å². The van der Waals surface area contributed by atoms with E-state index in [4.69, 9.17) is 24.7 Å². The quantitative estimate of drug-likeness (QED) is 0.0281. The Kier molecular flexibility index (Phi) is 41.2. The molecule has 1 atom stereocenters. The number of aliphatic hydroxyl groups excluding tert-OH is 2. The summed E-state index contributed by atoms with van der Waals surface area (Å²) in [6, 6.07) is 0. The summed E-state index contributed by atoms with van der Waals surface area (Å²) in [5, 5.41) is 20.4. The second-order valence-electron chi connectivity index (χ2n) is 7.04. The Balaban J connectivity index is 3.31. The largest absolute Gasteiger partial charge is 0.454 e. The minimum atomic E-state index is -0.820. The first kappa shape index (κ1) is 45.0. The van der Waals surface area contributed by atoms with Crippen molar-refractivity contribution < 1.29 is 38.5 Å². The van der Waals surface area contributed by atoms with Gasteiger partial charge >= 0.3 is 5.97 Å². The van der Waals surface area contributed by atoms with E-state index in [-0.39, 0.29) is 23.0 Å². The van der Waals surface area contributed by atoms with Crippen molar-refractivity contribution in [2.45, 2.75) is 0 Å². The second-order valence-corrected chi connectivity index (χ2v) is 21.8. The first-order chi connectivity index (χ1) is 20.6. The number of ether oxygens (including phenoxy) is 1. The molecule has 0 aliphatic heterocycles. The first-order valence-corrected chi connectivity index (χ1v) is 26.5. The molecule has 2 N–H and O–H groups in total. The lowest BCUT2D eigenvalue weighted by Gasteiger charge is -2.05. The molecular weight excluding hydrogens is 777 g/mol. The van der Waals surface area contributed by atoms with Crippen LogP contribution >= 0.6 is 129 Å². The SMILES string of the molecule is O=C(CSCCSCCS(=O)CSCCSCSC(=O)CSCCSCCOOCSCSCO)OCSCSCO. The van der Waals surface area contributed by atoms with Crippen LogP contribution in [0.2, 0.25) is 0 Å². The average Bonchev–Trinajstić information content (AvgIpc) is 2.98. The van der Waals surface area contributed by atoms with Crippen molar-refractivity contribution in [3.8, 4) is 0 Å². The van der Waals surface area contributed by atoms with Gasteiger partial charge in [0.15, 0.2) is 5.12 Å². The molecule has 0 radical (unpaired) electrons. The maximum absolute atomic E-state index is 12.1. The van der Waals surface area contributed by atoms with Gasteiger partial charge in [0, 0.05) is 77.8 Å². The lowest BCUT2D eigenvalue weighted by atomic mass is 10.8. The van der Waals surface area contributed by atoms with Crippen molar-refractivity contribution in [1.82, 2.24) is 0 Å². The Morgan fingerprint density at radius 2 is 1.21 bits per heavy atom. The van der Waals surface area contributed by atoms with Crippen molar-refractivity contribution in [2.75, 3.05) is 114 Å². The fraction of sp³-hybridized carbons (Fsp3) is 0.909. The minimum Gasteiger partial charge on any atom is -0.454 e. The molecule has 8 nitrogen and oxygen atoms in total. The van der Waals surface area contributed by atoms with Crippen molar-refractivity contribution in [1.29, 1.82) is 0 Å². The molecular formula is C22H42O8S12. The maximum atomic E-state index is 12.1. The van der Waals surface area contributed by atoms with Gasteiger partial charge in [0.05, 0.1) is 35.1 Å². The summed E-state index contributed by atoms with van der Waals surface area (Å²) in [6.45, 7) is 0.539. The van der Waals surface area contributed by atoms with Gasteiger partial charge in [-0.25, -0.2) is 9.78 Å². The molecule has 1 unspecified atom stereocenters. The molecule has 0 saturated heterocycles. The Labute approximate surface area is 300 Å². The standard InChI is InChI=1S/C22H42O8S12/c23-13-37-17-39-15-28-21(25)11-33-5-4-32-9-10-42(27)20-36-8-7-35-19-41-22(26)12-34-6-3-31-2-1-29-30-16-40-18-38-14-24/h23-24H,1-20H2. The summed E-state index contributed by atoms with van der Waals surface area (Å²) < 4.78 is 17.2. The molecule has 42 heavy (non-hydrogen) atoms. The van der Waals surface area contributed by atoms with E-state index in [1.807, 2.05) is 0 Å². The zero-order chi connectivity index (χ0) is 30.8. The number of carbonyl (C=O) groups excluding carboxylic acids is 2. The molecule has 0 spiro atoms. The molecule has 0 aromatic rings. The van der Waals surface area contributed by atoms with E-state index in [9.17, 15) is 13.8 Å². The van der Waals surface area contributed by atoms with Gasteiger partial charge < -0.3 is 14.9 Å². The zero-order valence-electron chi connectivity index (χ0n) is 23.4. The van der Waals surface area contributed by atoms with Gasteiger partial charge in [0.25, 0.3) is 0 Å². The third kappa shape index (κ3) is 37.4. The number of carbonyl (C=O) groups is 2. The molecule has 0 aliphatic rings. The Bertz CT molecular complexity index is 642. The summed E-state index contributed by atoms with van der Waals surface area (Å²) in [5.41, 5.74) is 0. The molecule has 0 aliphatic carbocycles. The smallest absolute Gasteiger partial charge is 0.316 e. The number of aliphatic hydroxyl groups is 2. The molecule has 0 heterocycles. The highest BCUT2D eigenvalue weighted by Gasteiger charge is 2.06. The highest BCUT2D eigenvalue weighted by Crippen LogP contribution is 2.18. The van der Waals surface area contributed by atoms with Gasteiger partial charge in [-0.1, -0.05) is 11.8 Å². The summed E-state index contributed by atoms with van der Waals surface area (Å²) in [5.74, 6) is 9.66. The minimum absolute atomic E-state index is 0.0781. The average molecular weight is 819 g/mol. The van der Waals surface area contributed by atoms with Gasteiger partial charge in [-0.15, -0.1) is 82.3 Å². The fourth-order valence-electron chi connectivity index (χ4n) is 2.07. The molecule has 0 saturated carbocycles. The van der Waals surface area contributed by atoms with Crippen molar-refractivity contribution >= 4 is 151 Å². The molecule has 0 amide bonds. The van der Waals surface area contributed by atoms with E-state index < -0.39 is 10.8 Å². The zero-order valence-corrected chi connectivity index (χ0v) is 33.2. The van der Waals surface area contributed by atoms with Crippen LogP contribution in [0.15, 0.2) is 0 Å². The van der Waals surface area contributed by atoms with Crippen LogP contribution in [0.1, 0.15) is 0 Å². The molecule has 0 fully saturated rings. The van der Waals surface area contributed by atoms with Crippen LogP contribution in [0.3, 0.4) is 0 Å². The lowest BCUT2D eigenvalue weighted by Crippen LogP contribution is -2.08. The molecule has 0 rings (SSSR count). The van der Waals surface area contributed by atoms with Crippen LogP contribution in [0.5, 0.6) is 0 Å². The van der Waals surface area contributed by atoms with E-state index in [2.05, 4.69) is 0 Å². The van der Waals surface area contributed by atoms with Crippen molar-refractivity contribution in [3.63, 3.8) is 0 Å². The normalized spacial score (nSPS) is 12.0. The highest BCUT2D eigenvalue weighted by atomic mass is 32.2. The van der Waals surface area contributed by atoms with Gasteiger partial charge in [0.1, 0.15) is 11.9 Å². The third-order valence-electron chi connectivity index (χ3n) is 3.87. The van der Waals surface area contributed by atoms with Gasteiger partial charge in [-0.05, 0) is 0 Å². The highest BCUT2D eigenvalue weighted by molar-refractivity contribution is 8.25. The molecule has 0 aromatic heterocycles. The van der Waals surface area contributed by atoms with Crippen LogP contribution < -0.4 is 0 Å². The summed E-state index contributed by atoms with van der Waals surface area (Å²) in [7, 11) is -0.820. The van der Waals surface area contributed by atoms with E-state index >= 15 is 0 Å². The van der Waals surface area contributed by atoms with Crippen LogP contribution in [0.4, 0.5) is 0 Å². The Morgan fingerprint density at radius 1 is 0.595 bits per heavy atom. The van der Waals surface area contributed by atoms with E-state index in [1.165, 1.54) is 47.0 Å². The van der Waals surface area contributed by atoms with Crippen LogP contribution in [0, 0.1) is 0 Å². The predicted molar refractivity (Wildman–Crippen MR) is 207 cm³/mol. The second kappa shape index (κ2) is 38.4. The summed E-state index contributed by atoms with van der Waals surface area (Å²) in [4.78, 5) is 33.7. The number of rotatable bonds is 34. The Hall–Kier alpha value is 2.98. The maximum Gasteiger partial charge on any atom is 0.316 e. The molecule has 20 heteroatoms. The molecule has 0 bridgehead atoms. The monoisotopic (exact) mass is 818 g/mol. The van der Waals surface area contributed by atoms with Gasteiger partial charge in [-0.2, -0.15) is 35.3 Å². The number of hydrogen-bond donors (Lipinski definition) is 2. The van der Waals surface area contributed by atoms with Gasteiger partial charge in [0.2, 0.25) is 0 Å². The summed E-state index contributed by atoms with van der Waals surface area (Å²) >= 11 is 17.5. The molecule has 0 aromatic carbocycles. The van der Waals surface area contributed by atoms with Gasteiger partial charge in [-0.3, -0.25) is 13.8 Å². The molecule has 250 valence electrons. The third-order valence-corrected chi connectivity index (χ3v) is 17.5. The first-order valence-electron chi connectivity index (χ1n) is 12.5. The van der Waals surface area contributed by atoms with Crippen molar-refractivity contribution in [3.05, 3.63) is 0 Å². The predicted octanol–water partition coefficient (Wildman–Crippen LogP) is 5.46. The Morgan fingerprint density at radius 3 is 1.95 bits per heavy atom. The summed E-state index contributed by atoms with van der Waals surface area (Å²) in [6.07, 6.45) is 0. The number of esters is 1. The van der Waals surface area contributed by atoms with E-state index in [1.54, 1.807) is 82.3 Å². The van der Waals surface area contributed by atoms with Crippen LogP contribution in [-0.2, 0) is 34.9 Å². The lowest BCUT2D eigenvalue weighted by molar-refractivity contribution is -0.274. The number of hydrogen-bond acceptors (Lipinski definition) is 19. The van der Waals surface area contributed by atoms with Crippen LogP contribution in [0.25, 0.3) is 0 Å². The topological polar surface area (TPSA) is 119 Å². The fourth-order valence-corrected chi connectivity index (χ4v) is 13.4. The number of thioether (sulfide) groups is 11. The van der Waals surface area contributed by atoms with Crippen LogP contribution in [-0.4, -0.2) is 139 Å². The van der Waals surface area contributed by atoms with E-state index in [0.29, 0.717) is 45.9 Å².